The van der Waals surface area contributed by atoms with Gasteiger partial charge in [0.15, 0.2) is 0 Å². The van der Waals surface area contributed by atoms with Gasteiger partial charge in [-0.05, 0) is 6.07 Å². The number of thiazole rings is 1. The van der Waals surface area contributed by atoms with Gasteiger partial charge in [-0.15, -0.1) is 0 Å². The molecule has 0 saturated heterocycles. The molecule has 0 unspecified atom stereocenters. The fourth-order valence-corrected chi connectivity index (χ4v) is 1.57. The molecule has 0 aliphatic rings. The first-order valence-corrected chi connectivity index (χ1v) is 3.69. The molecule has 2 rings (SSSR count). The topological polar surface area (TPSA) is 14.1 Å². The molecule has 1 nitrogen and oxygen atoms in total. The molecular formula is C7H6ClNS. The van der Waals surface area contributed by atoms with Crippen LogP contribution in [0.4, 0.5) is 0 Å². The third-order valence-corrected chi connectivity index (χ3v) is 2.13. The highest BCUT2D eigenvalue weighted by Gasteiger charge is 1.96. The molecule has 1 aromatic heterocycles. The number of nitrogens with one attached hydrogen (secondary N) is 1. The second-order valence-electron chi connectivity index (χ2n) is 1.88. The van der Waals surface area contributed by atoms with Crippen LogP contribution in [0.15, 0.2) is 29.8 Å². The Morgan fingerprint density at radius 1 is 1.20 bits per heavy atom. The maximum absolute atomic E-state index is 3.14. The minimum Gasteiger partial charge on any atom is -1.00 e. The average molecular weight is 172 g/mol. The molecule has 2 aromatic rings. The third kappa shape index (κ3) is 1.13. The number of benzene rings is 1. The number of rotatable bonds is 0. The molecule has 0 atom stereocenters. The summed E-state index contributed by atoms with van der Waals surface area (Å²) in [6.07, 6.45) is 0. The summed E-state index contributed by atoms with van der Waals surface area (Å²) in [5.41, 5.74) is 3.22. The minimum atomic E-state index is 0. The lowest BCUT2D eigenvalue weighted by molar-refractivity contribution is -0.338. The van der Waals surface area contributed by atoms with Crippen LogP contribution < -0.4 is 17.4 Å². The van der Waals surface area contributed by atoms with Crippen LogP contribution in [-0.4, -0.2) is 0 Å². The number of aromatic amines is 1. The summed E-state index contributed by atoms with van der Waals surface area (Å²) in [5.74, 6) is 0. The maximum atomic E-state index is 3.14. The average Bonchev–Trinajstić information content (AvgIpc) is 2.33. The molecule has 52 valence electrons. The molecule has 0 bridgehead atoms. The van der Waals surface area contributed by atoms with Gasteiger partial charge in [0.1, 0.15) is 4.70 Å². The van der Waals surface area contributed by atoms with E-state index in [4.69, 9.17) is 0 Å². The Morgan fingerprint density at radius 2 is 2.00 bits per heavy atom. The van der Waals surface area contributed by atoms with Crippen molar-refractivity contribution in [2.75, 3.05) is 0 Å². The molecule has 0 radical (unpaired) electrons. The van der Waals surface area contributed by atoms with Crippen molar-refractivity contribution >= 4 is 21.6 Å². The van der Waals surface area contributed by atoms with Crippen LogP contribution in [0.1, 0.15) is 0 Å². The highest BCUT2D eigenvalue weighted by molar-refractivity contribution is 7.16. The summed E-state index contributed by atoms with van der Waals surface area (Å²) in [5, 5.41) is 0. The van der Waals surface area contributed by atoms with E-state index in [9.17, 15) is 0 Å². The maximum Gasteiger partial charge on any atom is 0.224 e. The first kappa shape index (κ1) is 7.51. The first-order chi connectivity index (χ1) is 4.47. The first-order valence-electron chi connectivity index (χ1n) is 2.81. The Bertz CT molecular complexity index is 288. The summed E-state index contributed by atoms with van der Waals surface area (Å²) in [6, 6.07) is 8.26. The van der Waals surface area contributed by atoms with Gasteiger partial charge >= 0.3 is 0 Å². The van der Waals surface area contributed by atoms with Crippen LogP contribution in [0, 0.1) is 0 Å². The molecule has 3 heteroatoms. The Balaban J connectivity index is 0.000000500. The van der Waals surface area contributed by atoms with E-state index >= 15 is 0 Å². The zero-order chi connectivity index (χ0) is 6.10. The summed E-state index contributed by atoms with van der Waals surface area (Å²) in [7, 11) is 0. The second kappa shape index (κ2) is 2.99. The normalized spacial score (nSPS) is 9.20. The quantitative estimate of drug-likeness (QED) is 0.469. The number of hydrogen-bond donors (Lipinski definition) is 0. The molecule has 0 aliphatic heterocycles. The van der Waals surface area contributed by atoms with Gasteiger partial charge in [-0.3, -0.25) is 0 Å². The SMILES string of the molecule is [Cl-].c1ccc2sc[nH+]c2c1. The molecular weight excluding hydrogens is 166 g/mol. The fraction of sp³-hybridized carbons (Fsp3) is 0. The summed E-state index contributed by atoms with van der Waals surface area (Å²) < 4.78 is 1.32. The Hall–Kier alpha value is -0.600. The molecule has 0 fully saturated rings. The van der Waals surface area contributed by atoms with E-state index in [1.807, 2.05) is 17.6 Å². The monoisotopic (exact) mass is 171 g/mol. The molecule has 0 aliphatic carbocycles. The van der Waals surface area contributed by atoms with Crippen molar-refractivity contribution in [2.45, 2.75) is 0 Å². The van der Waals surface area contributed by atoms with Crippen LogP contribution in [0.2, 0.25) is 0 Å². The van der Waals surface area contributed by atoms with E-state index < -0.39 is 0 Å². The number of hydrogen-bond acceptors (Lipinski definition) is 1. The predicted molar refractivity (Wildman–Crippen MR) is 38.4 cm³/mol. The van der Waals surface area contributed by atoms with E-state index in [1.165, 1.54) is 10.2 Å². The molecule has 0 amide bonds. The van der Waals surface area contributed by atoms with E-state index in [0.29, 0.717) is 0 Å². The Kier molecular flexibility index (Phi) is 2.25. The van der Waals surface area contributed by atoms with Gasteiger partial charge in [0, 0.05) is 6.07 Å². The van der Waals surface area contributed by atoms with Crippen LogP contribution in [0.5, 0.6) is 0 Å². The van der Waals surface area contributed by atoms with Gasteiger partial charge in [-0.1, -0.05) is 23.5 Å². The largest absolute Gasteiger partial charge is 1.00 e. The second-order valence-corrected chi connectivity index (χ2v) is 2.79. The number of aromatic nitrogens is 1. The lowest BCUT2D eigenvalue weighted by Gasteiger charge is -1.75. The predicted octanol–water partition coefficient (Wildman–Crippen LogP) is -1.28. The fourth-order valence-electron chi connectivity index (χ4n) is 0.845. The highest BCUT2D eigenvalue weighted by atomic mass is 35.5. The molecule has 1 aromatic carbocycles. The van der Waals surface area contributed by atoms with E-state index in [-0.39, 0.29) is 12.4 Å². The van der Waals surface area contributed by atoms with E-state index in [2.05, 4.69) is 17.1 Å². The van der Waals surface area contributed by atoms with Gasteiger partial charge in [0.2, 0.25) is 11.0 Å². The summed E-state index contributed by atoms with van der Waals surface area (Å²) in [6.45, 7) is 0. The van der Waals surface area contributed by atoms with Crippen molar-refractivity contribution in [3.05, 3.63) is 29.8 Å². The van der Waals surface area contributed by atoms with Crippen molar-refractivity contribution < 1.29 is 17.4 Å². The van der Waals surface area contributed by atoms with Crippen molar-refractivity contribution in [2.24, 2.45) is 0 Å². The van der Waals surface area contributed by atoms with Crippen LogP contribution in [0.25, 0.3) is 10.2 Å². The summed E-state index contributed by atoms with van der Waals surface area (Å²) in [4.78, 5) is 3.14. The van der Waals surface area contributed by atoms with Crippen molar-refractivity contribution in [1.82, 2.24) is 0 Å². The molecule has 1 N–H and O–H groups in total. The molecule has 0 saturated carbocycles. The van der Waals surface area contributed by atoms with Crippen molar-refractivity contribution in [3.63, 3.8) is 0 Å². The zero-order valence-corrected chi connectivity index (χ0v) is 6.75. The highest BCUT2D eigenvalue weighted by Crippen LogP contribution is 2.12. The van der Waals surface area contributed by atoms with Crippen LogP contribution in [-0.2, 0) is 0 Å². The van der Waals surface area contributed by atoms with Gasteiger partial charge in [0.25, 0.3) is 0 Å². The lowest BCUT2D eigenvalue weighted by atomic mass is 10.3. The van der Waals surface area contributed by atoms with Crippen LogP contribution >= 0.6 is 11.3 Å². The smallest absolute Gasteiger partial charge is 0.224 e. The molecule has 0 spiro atoms. The lowest BCUT2D eigenvalue weighted by Crippen LogP contribution is -3.00. The van der Waals surface area contributed by atoms with Gasteiger partial charge < -0.3 is 12.4 Å². The van der Waals surface area contributed by atoms with Crippen molar-refractivity contribution in [1.29, 1.82) is 0 Å². The van der Waals surface area contributed by atoms with E-state index in [0.717, 1.165) is 0 Å². The molecule has 10 heavy (non-hydrogen) atoms. The van der Waals surface area contributed by atoms with Gasteiger partial charge in [0.05, 0.1) is 0 Å². The van der Waals surface area contributed by atoms with E-state index in [1.54, 1.807) is 11.3 Å². The summed E-state index contributed by atoms with van der Waals surface area (Å²) >= 11 is 1.73. The van der Waals surface area contributed by atoms with Gasteiger partial charge in [-0.25, -0.2) is 4.98 Å². The third-order valence-electron chi connectivity index (χ3n) is 1.29. The number of fused-ring (bicyclic) bond motifs is 1. The Labute approximate surface area is 69.1 Å². The molecule has 1 heterocycles. The van der Waals surface area contributed by atoms with Crippen LogP contribution in [0.3, 0.4) is 0 Å². The van der Waals surface area contributed by atoms with Crippen molar-refractivity contribution in [3.8, 4) is 0 Å². The minimum absolute atomic E-state index is 0. The number of halogens is 1. The number of para-hydroxylation sites is 1. The standard InChI is InChI=1S/C7H5NS.ClH/c1-2-4-7-6(3-1)8-5-9-7;/h1-5H;1H. The number of H-pyrrole nitrogens is 1. The zero-order valence-electron chi connectivity index (χ0n) is 5.17. The van der Waals surface area contributed by atoms with Gasteiger partial charge in [-0.2, -0.15) is 0 Å². The Morgan fingerprint density at radius 3 is 2.80 bits per heavy atom.